The fourth-order valence-corrected chi connectivity index (χ4v) is 3.64. The van der Waals surface area contributed by atoms with E-state index in [2.05, 4.69) is 10.3 Å². The molecule has 9 heteroatoms. The van der Waals surface area contributed by atoms with Gasteiger partial charge >= 0.3 is 6.03 Å². The number of hydrogen-bond donors (Lipinski definition) is 1. The molecule has 1 aliphatic heterocycles. The lowest BCUT2D eigenvalue weighted by molar-refractivity contribution is -0.134. The number of hydrogen-bond acceptors (Lipinski definition) is 4. The molecule has 2 heterocycles. The Morgan fingerprint density at radius 2 is 1.64 bits per heavy atom. The van der Waals surface area contributed by atoms with Crippen LogP contribution in [0.4, 0.5) is 19.3 Å². The van der Waals surface area contributed by atoms with Crippen molar-refractivity contribution in [3.63, 3.8) is 0 Å². The second kappa shape index (κ2) is 8.78. The first-order chi connectivity index (χ1) is 15.8. The fourth-order valence-electron chi connectivity index (χ4n) is 3.64. The number of pyridine rings is 1. The van der Waals surface area contributed by atoms with Crippen LogP contribution < -0.4 is 10.2 Å². The van der Waals surface area contributed by atoms with Gasteiger partial charge in [0.15, 0.2) is 0 Å². The third kappa shape index (κ3) is 4.43. The van der Waals surface area contributed by atoms with E-state index in [1.54, 1.807) is 24.4 Å². The van der Waals surface area contributed by atoms with Gasteiger partial charge in [0, 0.05) is 11.9 Å². The minimum absolute atomic E-state index is 0.0597. The zero-order valence-corrected chi connectivity index (χ0v) is 17.7. The normalized spacial score (nSPS) is 17.7. The van der Waals surface area contributed by atoms with Gasteiger partial charge in [-0.25, -0.2) is 13.6 Å². The lowest BCUT2D eigenvalue weighted by Gasteiger charge is -2.25. The van der Waals surface area contributed by atoms with Gasteiger partial charge in [0.25, 0.3) is 5.91 Å². The number of urea groups is 1. The molecular formula is C24H20F2N4O3. The molecule has 33 heavy (non-hydrogen) atoms. The summed E-state index contributed by atoms with van der Waals surface area (Å²) in [4.78, 5) is 45.4. The van der Waals surface area contributed by atoms with Crippen LogP contribution in [0.25, 0.3) is 0 Å². The van der Waals surface area contributed by atoms with Crippen molar-refractivity contribution in [1.82, 2.24) is 15.2 Å². The van der Waals surface area contributed by atoms with Crippen LogP contribution in [0.3, 0.4) is 0 Å². The lowest BCUT2D eigenvalue weighted by Crippen LogP contribution is -2.44. The molecule has 0 spiro atoms. The highest BCUT2D eigenvalue weighted by molar-refractivity contribution is 6.10. The molecule has 2 aromatic carbocycles. The number of carbonyl (C=O) groups excluding carboxylic acids is 3. The smallest absolute Gasteiger partial charge is 0.319 e. The predicted octanol–water partition coefficient (Wildman–Crippen LogP) is 3.36. The predicted molar refractivity (Wildman–Crippen MR) is 116 cm³/mol. The van der Waals surface area contributed by atoms with E-state index in [0.717, 1.165) is 4.90 Å². The third-order valence-electron chi connectivity index (χ3n) is 5.48. The topological polar surface area (TPSA) is 82.6 Å². The van der Waals surface area contributed by atoms with Gasteiger partial charge in [-0.15, -0.1) is 0 Å². The molecule has 1 aliphatic rings. The van der Waals surface area contributed by atoms with Crippen LogP contribution >= 0.6 is 0 Å². The number of halogens is 2. The van der Waals surface area contributed by atoms with Gasteiger partial charge in [-0.1, -0.05) is 18.2 Å². The Bertz CT molecular complexity index is 1190. The molecule has 4 amide bonds. The van der Waals surface area contributed by atoms with Crippen molar-refractivity contribution in [2.75, 3.05) is 11.4 Å². The summed E-state index contributed by atoms with van der Waals surface area (Å²) in [6.45, 7) is 1.02. The standard InChI is InChI=1S/C24H20F2N4O3/c1-24(16-5-7-17(25)8-6-16)22(32)30(23(33)28-24)15-21(31)29(14-19-4-2-3-13-27-19)20-11-9-18(26)10-12-20/h2-13H,14-15H2,1H3,(H,28,33). The Kier molecular flexibility index (Phi) is 5.87. The van der Waals surface area contributed by atoms with Gasteiger partial charge in [0.1, 0.15) is 23.7 Å². The maximum absolute atomic E-state index is 13.4. The van der Waals surface area contributed by atoms with Crippen LogP contribution in [0.15, 0.2) is 72.9 Å². The molecule has 0 radical (unpaired) electrons. The molecule has 7 nitrogen and oxygen atoms in total. The van der Waals surface area contributed by atoms with Crippen LogP contribution in [0.5, 0.6) is 0 Å². The van der Waals surface area contributed by atoms with E-state index in [-0.39, 0.29) is 6.54 Å². The molecule has 1 saturated heterocycles. The average Bonchev–Trinajstić information content (AvgIpc) is 3.03. The average molecular weight is 450 g/mol. The zero-order chi connectivity index (χ0) is 23.6. The van der Waals surface area contributed by atoms with E-state index >= 15 is 0 Å². The number of carbonyl (C=O) groups is 3. The number of imide groups is 1. The second-order valence-corrected chi connectivity index (χ2v) is 7.73. The second-order valence-electron chi connectivity index (χ2n) is 7.73. The molecule has 1 N–H and O–H groups in total. The summed E-state index contributed by atoms with van der Waals surface area (Å²) >= 11 is 0. The summed E-state index contributed by atoms with van der Waals surface area (Å²) in [5.74, 6) is -2.13. The van der Waals surface area contributed by atoms with Gasteiger partial charge in [-0.2, -0.15) is 0 Å². The molecule has 0 aliphatic carbocycles. The maximum Gasteiger partial charge on any atom is 0.325 e. The zero-order valence-electron chi connectivity index (χ0n) is 17.7. The summed E-state index contributed by atoms with van der Waals surface area (Å²) in [5.41, 5.74) is -0.0859. The maximum atomic E-state index is 13.4. The Labute approximate surface area is 188 Å². The quantitative estimate of drug-likeness (QED) is 0.584. The molecule has 1 fully saturated rings. The Morgan fingerprint density at radius 3 is 2.24 bits per heavy atom. The Hall–Kier alpha value is -4.14. The highest BCUT2D eigenvalue weighted by Gasteiger charge is 2.49. The molecule has 0 saturated carbocycles. The molecule has 1 unspecified atom stereocenters. The number of nitrogens with one attached hydrogen (secondary N) is 1. The van der Waals surface area contributed by atoms with E-state index < -0.39 is 41.6 Å². The number of nitrogens with zero attached hydrogens (tertiary/aromatic N) is 3. The fraction of sp³-hybridized carbons (Fsp3) is 0.167. The minimum atomic E-state index is -1.44. The highest BCUT2D eigenvalue weighted by Crippen LogP contribution is 2.29. The van der Waals surface area contributed by atoms with E-state index in [1.165, 1.54) is 60.4 Å². The number of aromatic nitrogens is 1. The third-order valence-corrected chi connectivity index (χ3v) is 5.48. The van der Waals surface area contributed by atoms with Gasteiger partial charge in [0.05, 0.1) is 12.2 Å². The number of anilines is 1. The van der Waals surface area contributed by atoms with Crippen LogP contribution in [-0.4, -0.2) is 34.3 Å². The summed E-state index contributed by atoms with van der Waals surface area (Å²) in [6, 6.07) is 15.0. The molecule has 168 valence electrons. The van der Waals surface area contributed by atoms with Crippen molar-refractivity contribution in [2.45, 2.75) is 19.0 Å². The Balaban J connectivity index is 1.59. The van der Waals surface area contributed by atoms with Gasteiger partial charge in [0.2, 0.25) is 5.91 Å². The SMILES string of the molecule is CC1(c2ccc(F)cc2)NC(=O)N(CC(=O)N(Cc2ccccn2)c2ccc(F)cc2)C1=O. The lowest BCUT2D eigenvalue weighted by atomic mass is 9.92. The number of rotatable bonds is 6. The van der Waals surface area contributed by atoms with Gasteiger partial charge in [-0.3, -0.25) is 19.5 Å². The van der Waals surface area contributed by atoms with E-state index in [9.17, 15) is 23.2 Å². The number of benzene rings is 2. The van der Waals surface area contributed by atoms with Crippen molar-refractivity contribution < 1.29 is 23.2 Å². The van der Waals surface area contributed by atoms with Crippen molar-refractivity contribution in [3.05, 3.63) is 95.8 Å². The van der Waals surface area contributed by atoms with Crippen LogP contribution in [0, 0.1) is 11.6 Å². The first kappa shape index (κ1) is 22.1. The summed E-state index contributed by atoms with van der Waals surface area (Å²) in [5, 5.41) is 2.59. The minimum Gasteiger partial charge on any atom is -0.319 e. The first-order valence-electron chi connectivity index (χ1n) is 10.1. The molecule has 3 aromatic rings. The van der Waals surface area contributed by atoms with Crippen LogP contribution in [0.2, 0.25) is 0 Å². The van der Waals surface area contributed by atoms with Crippen LogP contribution in [0.1, 0.15) is 18.2 Å². The summed E-state index contributed by atoms with van der Waals surface area (Å²) in [6.07, 6.45) is 1.58. The summed E-state index contributed by atoms with van der Waals surface area (Å²) in [7, 11) is 0. The van der Waals surface area contributed by atoms with Crippen molar-refractivity contribution in [1.29, 1.82) is 0 Å². The molecular weight excluding hydrogens is 430 g/mol. The summed E-state index contributed by atoms with van der Waals surface area (Å²) < 4.78 is 26.7. The van der Waals surface area contributed by atoms with Gasteiger partial charge in [-0.05, 0) is 61.0 Å². The van der Waals surface area contributed by atoms with E-state index in [4.69, 9.17) is 0 Å². The van der Waals surface area contributed by atoms with Gasteiger partial charge < -0.3 is 10.2 Å². The Morgan fingerprint density at radius 1 is 1.00 bits per heavy atom. The van der Waals surface area contributed by atoms with Crippen molar-refractivity contribution >= 4 is 23.5 Å². The van der Waals surface area contributed by atoms with E-state index in [1.807, 2.05) is 0 Å². The monoisotopic (exact) mass is 450 g/mol. The van der Waals surface area contributed by atoms with E-state index in [0.29, 0.717) is 16.9 Å². The highest BCUT2D eigenvalue weighted by atomic mass is 19.1. The van der Waals surface area contributed by atoms with Crippen molar-refractivity contribution in [2.24, 2.45) is 0 Å². The molecule has 4 rings (SSSR count). The molecule has 0 bridgehead atoms. The first-order valence-corrected chi connectivity index (χ1v) is 10.1. The van der Waals surface area contributed by atoms with Crippen LogP contribution in [-0.2, 0) is 21.7 Å². The van der Waals surface area contributed by atoms with Crippen molar-refractivity contribution in [3.8, 4) is 0 Å². The molecule has 1 atom stereocenters. The largest absolute Gasteiger partial charge is 0.325 e. The number of amides is 4. The molecule has 1 aromatic heterocycles.